The Kier molecular flexibility index (Phi) is 20.1. The highest BCUT2D eigenvalue weighted by molar-refractivity contribution is 7.37. The summed E-state index contributed by atoms with van der Waals surface area (Å²) >= 11 is 11.1. The molecule has 0 unspecified atom stereocenters. The minimum Gasteiger partial charge on any atom is -0.289 e. The molecule has 12 aromatic rings. The molecule has 0 N–H and O–H groups in total. The maximum Gasteiger partial charge on any atom is 0.270 e. The molecule has 6 nitrogen and oxygen atoms in total. The molecule has 0 saturated heterocycles. The highest BCUT2D eigenvalue weighted by atomic mass is 32.1. The van der Waals surface area contributed by atoms with E-state index < -0.39 is 10.8 Å². The van der Waals surface area contributed by atoms with Gasteiger partial charge in [0.05, 0.1) is 74.4 Å². The fourth-order valence-corrected chi connectivity index (χ4v) is 26.1. The Bertz CT molecular complexity index is 5300. The number of hydrogen-bond acceptors (Lipinski definition) is 10. The molecule has 6 heterocycles. The number of hydrogen-bond donors (Lipinski definition) is 0. The first kappa shape index (κ1) is 70.8. The van der Waals surface area contributed by atoms with E-state index in [2.05, 4.69) is 159 Å². The predicted octanol–water partition coefficient (Wildman–Crippen LogP) is 27.6. The molecular formula is C94H80N4O2S6. The van der Waals surface area contributed by atoms with E-state index in [1.165, 1.54) is 182 Å². The van der Waals surface area contributed by atoms with E-state index in [-0.39, 0.29) is 23.0 Å². The summed E-state index contributed by atoms with van der Waals surface area (Å²) in [6.45, 7) is 25.4. The molecule has 16 rings (SSSR count). The van der Waals surface area contributed by atoms with Crippen molar-refractivity contribution in [2.45, 2.75) is 167 Å². The van der Waals surface area contributed by atoms with Crippen LogP contribution in [0.4, 0.5) is 0 Å². The highest BCUT2D eigenvalue weighted by Gasteiger charge is 2.56. The third-order valence-corrected chi connectivity index (χ3v) is 30.0. The molecule has 0 spiro atoms. The minimum absolute atomic E-state index is 0.0864. The van der Waals surface area contributed by atoms with Crippen LogP contribution in [-0.2, 0) is 36.5 Å². The molecule has 6 aromatic carbocycles. The minimum atomic E-state index is -0.801. The molecule has 0 amide bonds. The fourth-order valence-electron chi connectivity index (χ4n) is 17.3. The Morgan fingerprint density at radius 1 is 0.377 bits per heavy atom. The summed E-state index contributed by atoms with van der Waals surface area (Å²) < 4.78 is 7.21. The highest BCUT2D eigenvalue weighted by Crippen LogP contribution is 2.72. The zero-order valence-corrected chi connectivity index (χ0v) is 65.3. The maximum absolute atomic E-state index is 14.6. The summed E-state index contributed by atoms with van der Waals surface area (Å²) in [5, 5.41) is 20.9. The van der Waals surface area contributed by atoms with E-state index in [0.29, 0.717) is 44.5 Å². The molecule has 0 radical (unpaired) electrons. The third kappa shape index (κ3) is 11.8. The monoisotopic (exact) mass is 1490 g/mol. The fraction of sp³-hybridized carbons (Fsp3) is 0.277. The Morgan fingerprint density at radius 2 is 0.670 bits per heavy atom. The van der Waals surface area contributed by atoms with Gasteiger partial charge in [-0.15, -0.1) is 68.0 Å². The van der Waals surface area contributed by atoms with E-state index >= 15 is 0 Å². The number of carbonyl (C=O) groups is 2. The van der Waals surface area contributed by atoms with E-state index in [9.17, 15) is 20.1 Å². The number of Topliss-reactive ketones (excluding diaryl/α,β-unsaturated/α-hetero) is 2. The second-order valence-electron chi connectivity index (χ2n) is 28.9. The standard InChI is InChI=1S/C94H80N4O2S6/c1-7-11-15-19-27-57-35-43-61(44-36-57)93(62-45-37-58(38-46-62)28-20-16-12-8-2)79-85-75(53-65(101-85)51-71-77(73(55-95)97-5)67-31-23-25-33-69(67)83(71)99)103-87(79)89-81(93)91-92(105-89)82-90(106-91)88-80(86-76(104-88)54-66(102-86)52-72-78(74(56-96)98-6)68-32-24-26-34-70(68)84(72)100)94(82,63-47-39-59(40-48-63)29-21-17-13-9-3)64-49-41-60(42-50-64)30-22-18-14-10-4/h23-26,31-54H,7-22,27-30H2,1-4H3/b71-51-,72-52-,77-73+,78-74?. The summed E-state index contributed by atoms with van der Waals surface area (Å²) in [7, 11) is 0. The van der Waals surface area contributed by atoms with Gasteiger partial charge in [0, 0.05) is 74.8 Å². The van der Waals surface area contributed by atoms with Crippen molar-refractivity contribution in [3.63, 3.8) is 0 Å². The normalized spacial score (nSPS) is 16.0. The van der Waals surface area contributed by atoms with Crippen LogP contribution >= 0.6 is 68.0 Å². The number of carbonyl (C=O) groups excluding carboxylic acids is 2. The lowest BCUT2D eigenvalue weighted by Crippen LogP contribution is -2.29. The second-order valence-corrected chi connectivity index (χ2v) is 35.2. The zero-order chi connectivity index (χ0) is 72.8. The maximum atomic E-state index is 14.6. The average Bonchev–Trinajstić information content (AvgIpc) is 1.48. The van der Waals surface area contributed by atoms with Crippen molar-refractivity contribution in [2.75, 3.05) is 0 Å². The molecule has 4 aliphatic carbocycles. The molecule has 524 valence electrons. The Morgan fingerprint density at radius 3 is 0.962 bits per heavy atom. The van der Waals surface area contributed by atoms with Crippen LogP contribution in [0.3, 0.4) is 0 Å². The quantitative estimate of drug-likeness (QED) is 0.0234. The summed E-state index contributed by atoms with van der Waals surface area (Å²) in [6.07, 6.45) is 26.9. The summed E-state index contributed by atoms with van der Waals surface area (Å²) in [5.74, 6) is -0.355. The van der Waals surface area contributed by atoms with Gasteiger partial charge in [-0.25, -0.2) is 20.2 Å². The first-order valence-electron chi connectivity index (χ1n) is 37.9. The number of thiophene rings is 6. The molecule has 4 aliphatic rings. The largest absolute Gasteiger partial charge is 0.289 e. The number of aryl methyl sites for hydroxylation is 4. The van der Waals surface area contributed by atoms with Crippen LogP contribution < -0.4 is 0 Å². The summed E-state index contributed by atoms with van der Waals surface area (Å²) in [5.41, 5.74) is 17.5. The number of benzene rings is 6. The predicted molar refractivity (Wildman–Crippen MR) is 448 cm³/mol. The molecule has 0 atom stereocenters. The molecular weight excluding hydrogens is 1410 g/mol. The van der Waals surface area contributed by atoms with Crippen molar-refractivity contribution in [1.82, 2.24) is 0 Å². The van der Waals surface area contributed by atoms with Crippen molar-refractivity contribution in [3.05, 3.63) is 302 Å². The summed E-state index contributed by atoms with van der Waals surface area (Å²) in [6, 6.07) is 62.4. The van der Waals surface area contributed by atoms with Crippen molar-refractivity contribution in [1.29, 1.82) is 10.5 Å². The number of unbranched alkanes of at least 4 members (excludes halogenated alkanes) is 12. The van der Waals surface area contributed by atoms with Gasteiger partial charge in [-0.3, -0.25) is 9.59 Å². The SMILES string of the molecule is [C-]#[N+]C(C#N)=C1/C(=C/c2cc3sc4c(c3s2)C(c2ccc(CCCCCC)cc2)(c2ccc(CCCCCC)cc2)c2c-4sc3c4c(sc23)-c2sc3cc(/C=C5\C(=O)c6ccccc6\C5=C(\C#N)[N+]#[C-])sc3c2C4(c2ccc(CCCCCC)cc2)c2ccc(CCCCCC)cc2)C(=O)c2ccccc21. The Balaban J connectivity index is 0.970. The lowest BCUT2D eigenvalue weighted by Gasteiger charge is -2.34. The third-order valence-electron chi connectivity index (χ3n) is 22.4. The van der Waals surface area contributed by atoms with Crippen LogP contribution in [-0.4, -0.2) is 11.6 Å². The number of fused-ring (bicyclic) bond motifs is 15. The van der Waals surface area contributed by atoms with Crippen molar-refractivity contribution in [3.8, 4) is 31.6 Å². The van der Waals surface area contributed by atoms with Gasteiger partial charge < -0.3 is 0 Å². The van der Waals surface area contributed by atoms with E-state index in [0.717, 1.165) is 70.5 Å². The number of allylic oxidation sites excluding steroid dienone is 6. The van der Waals surface area contributed by atoms with Crippen LogP contribution in [0.1, 0.15) is 239 Å². The molecule has 12 heteroatoms. The number of rotatable bonds is 26. The van der Waals surface area contributed by atoms with Gasteiger partial charge in [0.25, 0.3) is 11.4 Å². The van der Waals surface area contributed by atoms with Crippen LogP contribution in [0.15, 0.2) is 180 Å². The van der Waals surface area contributed by atoms with Gasteiger partial charge in [-0.1, -0.05) is 250 Å². The van der Waals surface area contributed by atoms with Gasteiger partial charge in [0.15, 0.2) is 11.6 Å². The molecule has 106 heavy (non-hydrogen) atoms. The Labute approximate surface area is 646 Å². The van der Waals surface area contributed by atoms with Gasteiger partial charge in [-0.05, 0) is 131 Å². The second kappa shape index (κ2) is 30.1. The van der Waals surface area contributed by atoms with Gasteiger partial charge in [0.2, 0.25) is 0 Å². The van der Waals surface area contributed by atoms with E-state index in [1.54, 1.807) is 34.8 Å². The summed E-state index contributed by atoms with van der Waals surface area (Å²) in [4.78, 5) is 43.6. The van der Waals surface area contributed by atoms with Crippen molar-refractivity contribution >= 4 is 131 Å². The van der Waals surface area contributed by atoms with Crippen LogP contribution in [0.2, 0.25) is 0 Å². The van der Waals surface area contributed by atoms with Gasteiger partial charge in [0.1, 0.15) is 0 Å². The van der Waals surface area contributed by atoms with Gasteiger partial charge >= 0.3 is 0 Å². The van der Waals surface area contributed by atoms with E-state index in [1.807, 2.05) is 93.9 Å². The average molecular weight is 1490 g/mol. The smallest absolute Gasteiger partial charge is 0.270 e. The van der Waals surface area contributed by atoms with Crippen molar-refractivity contribution < 1.29 is 9.59 Å². The van der Waals surface area contributed by atoms with Crippen LogP contribution in [0.5, 0.6) is 0 Å². The molecule has 0 aliphatic heterocycles. The van der Waals surface area contributed by atoms with Crippen LogP contribution in [0.25, 0.3) is 80.7 Å². The molecule has 0 fully saturated rings. The zero-order valence-electron chi connectivity index (χ0n) is 60.4. The number of nitrogens with zero attached hydrogens (tertiary/aromatic N) is 4. The first-order valence-corrected chi connectivity index (χ1v) is 42.8. The first-order chi connectivity index (χ1) is 52.1. The van der Waals surface area contributed by atoms with Gasteiger partial charge in [-0.2, -0.15) is 0 Å². The Hall–Kier alpha value is -9.44. The van der Waals surface area contributed by atoms with E-state index in [4.69, 9.17) is 13.1 Å². The van der Waals surface area contributed by atoms with Crippen LogP contribution in [0, 0.1) is 35.8 Å². The molecule has 0 bridgehead atoms. The molecule has 0 saturated carbocycles. The topological polar surface area (TPSA) is 90.4 Å². The number of nitriles is 2. The lowest BCUT2D eigenvalue weighted by molar-refractivity contribution is 0.103. The number of ketones is 2. The lowest BCUT2D eigenvalue weighted by atomic mass is 9.67. The van der Waals surface area contributed by atoms with Crippen molar-refractivity contribution in [2.24, 2.45) is 0 Å². The molecule has 6 aromatic heterocycles.